The van der Waals surface area contributed by atoms with Gasteiger partial charge < -0.3 is 20.0 Å². The number of rotatable bonds is 3. The number of pyridine rings is 1. The molecule has 3 atom stereocenters. The van der Waals surface area contributed by atoms with Crippen molar-refractivity contribution in [2.45, 2.75) is 31.2 Å². The summed E-state index contributed by atoms with van der Waals surface area (Å²) in [5.41, 5.74) is -0.164. The quantitative estimate of drug-likeness (QED) is 0.866. The summed E-state index contributed by atoms with van der Waals surface area (Å²) in [5.74, 6) is 0.398. The van der Waals surface area contributed by atoms with E-state index in [0.29, 0.717) is 24.6 Å². The van der Waals surface area contributed by atoms with E-state index in [-0.39, 0.29) is 0 Å². The van der Waals surface area contributed by atoms with E-state index in [1.807, 2.05) is 4.90 Å². The molecular weight excluding hydrogens is 323 g/mol. The third-order valence-corrected chi connectivity index (χ3v) is 4.84. The molecule has 0 unspecified atom stereocenters. The van der Waals surface area contributed by atoms with Crippen molar-refractivity contribution in [2.24, 2.45) is 5.92 Å². The van der Waals surface area contributed by atoms with Gasteiger partial charge in [0.15, 0.2) is 0 Å². The maximum Gasteiger partial charge on any atom is 0.433 e. The zero-order valence-corrected chi connectivity index (χ0v) is 13.3. The van der Waals surface area contributed by atoms with Gasteiger partial charge in [-0.1, -0.05) is 0 Å². The van der Waals surface area contributed by atoms with Gasteiger partial charge in [-0.05, 0) is 30.9 Å². The van der Waals surface area contributed by atoms with E-state index in [1.54, 1.807) is 0 Å². The number of likely N-dealkylation sites (tertiary alicyclic amines) is 1. The number of alkyl halides is 3. The Kier molecular flexibility index (Phi) is 4.98. The summed E-state index contributed by atoms with van der Waals surface area (Å²) in [7, 11) is 0. The van der Waals surface area contributed by atoms with E-state index in [4.69, 9.17) is 0 Å². The van der Waals surface area contributed by atoms with Crippen molar-refractivity contribution < 1.29 is 23.4 Å². The van der Waals surface area contributed by atoms with Crippen LogP contribution in [0.1, 0.15) is 18.5 Å². The van der Waals surface area contributed by atoms with Gasteiger partial charge in [-0.3, -0.25) is 0 Å². The van der Waals surface area contributed by atoms with E-state index in [2.05, 4.69) is 9.88 Å². The van der Waals surface area contributed by atoms with Crippen LogP contribution in [0.2, 0.25) is 0 Å². The largest absolute Gasteiger partial charge is 0.433 e. The maximum absolute atomic E-state index is 12.6. The van der Waals surface area contributed by atoms with Crippen molar-refractivity contribution in [1.82, 2.24) is 9.88 Å². The van der Waals surface area contributed by atoms with Crippen LogP contribution < -0.4 is 4.90 Å². The number of halogens is 3. The predicted octanol–water partition coefficient (Wildman–Crippen LogP) is 1.35. The summed E-state index contributed by atoms with van der Waals surface area (Å²) in [6, 6.07) is 2.49. The topological polar surface area (TPSA) is 59.8 Å². The number of aliphatic hydroxyl groups excluding tert-OH is 2. The van der Waals surface area contributed by atoms with Crippen molar-refractivity contribution in [2.75, 3.05) is 37.6 Å². The highest BCUT2D eigenvalue weighted by atomic mass is 19.4. The fourth-order valence-corrected chi connectivity index (χ4v) is 3.47. The molecule has 2 saturated heterocycles. The highest BCUT2D eigenvalue weighted by Gasteiger charge is 2.33. The summed E-state index contributed by atoms with van der Waals surface area (Å²) in [4.78, 5) is 7.71. The third-order valence-electron chi connectivity index (χ3n) is 4.84. The van der Waals surface area contributed by atoms with Gasteiger partial charge in [-0.25, -0.2) is 4.98 Å². The average Bonchev–Trinajstić information content (AvgIpc) is 2.99. The molecule has 0 spiro atoms. The van der Waals surface area contributed by atoms with Gasteiger partial charge in [0, 0.05) is 32.7 Å². The van der Waals surface area contributed by atoms with Crippen LogP contribution in [-0.4, -0.2) is 65.0 Å². The second kappa shape index (κ2) is 6.85. The van der Waals surface area contributed by atoms with Crippen molar-refractivity contribution in [3.05, 3.63) is 24.0 Å². The summed E-state index contributed by atoms with van der Waals surface area (Å²) >= 11 is 0. The lowest BCUT2D eigenvalue weighted by atomic mass is 10.0. The van der Waals surface area contributed by atoms with E-state index in [9.17, 15) is 23.4 Å². The molecule has 3 heterocycles. The minimum absolute atomic E-state index is 0.398. The maximum atomic E-state index is 12.6. The van der Waals surface area contributed by atoms with Crippen molar-refractivity contribution in [1.29, 1.82) is 0 Å². The van der Waals surface area contributed by atoms with Crippen LogP contribution in [0.25, 0.3) is 0 Å². The monoisotopic (exact) mass is 345 g/mol. The lowest BCUT2D eigenvalue weighted by molar-refractivity contribution is -0.141. The average molecular weight is 345 g/mol. The molecule has 0 saturated carbocycles. The molecule has 134 valence electrons. The fourth-order valence-electron chi connectivity index (χ4n) is 3.47. The molecule has 8 heteroatoms. The number of piperidine rings is 1. The number of aliphatic hydroxyl groups is 2. The Balaban J connectivity index is 1.54. The van der Waals surface area contributed by atoms with Gasteiger partial charge in [0.05, 0.1) is 24.1 Å². The highest BCUT2D eigenvalue weighted by molar-refractivity contribution is 5.45. The minimum Gasteiger partial charge on any atom is -0.390 e. The molecule has 1 aromatic rings. The number of hydrogen-bond donors (Lipinski definition) is 2. The molecule has 0 aliphatic carbocycles. The molecule has 24 heavy (non-hydrogen) atoms. The normalized spacial score (nSPS) is 29.2. The van der Waals surface area contributed by atoms with Crippen molar-refractivity contribution in [3.63, 3.8) is 0 Å². The Morgan fingerprint density at radius 3 is 2.50 bits per heavy atom. The standard InChI is InChI=1S/C16H22F3N3O2/c17-16(18,19)15-2-1-12(7-20-15)22-6-3-11(9-22)8-21-5-4-13(23)14(24)10-21/h1-2,7,11,13-14,23-24H,3-6,8-10H2/t11-,13+,14+/m0/s1. The Labute approximate surface area is 138 Å². The van der Waals surface area contributed by atoms with Gasteiger partial charge >= 0.3 is 6.18 Å². The summed E-state index contributed by atoms with van der Waals surface area (Å²) in [6.07, 6.45) is -2.94. The summed E-state index contributed by atoms with van der Waals surface area (Å²) in [6.45, 7) is 3.61. The van der Waals surface area contributed by atoms with E-state index in [0.717, 1.165) is 38.7 Å². The van der Waals surface area contributed by atoms with Crippen LogP contribution in [-0.2, 0) is 6.18 Å². The van der Waals surface area contributed by atoms with Gasteiger partial charge in [0.2, 0.25) is 0 Å². The first-order chi connectivity index (χ1) is 11.3. The summed E-state index contributed by atoms with van der Waals surface area (Å²) < 4.78 is 37.7. The van der Waals surface area contributed by atoms with Crippen LogP contribution in [0, 0.1) is 5.92 Å². The number of aromatic nitrogens is 1. The fraction of sp³-hybridized carbons (Fsp3) is 0.688. The second-order valence-electron chi connectivity index (χ2n) is 6.68. The lowest BCUT2D eigenvalue weighted by Crippen LogP contribution is -2.48. The molecule has 2 aliphatic heterocycles. The molecule has 3 rings (SSSR count). The van der Waals surface area contributed by atoms with E-state index < -0.39 is 24.1 Å². The Hall–Kier alpha value is -1.38. The molecule has 0 aromatic carbocycles. The lowest BCUT2D eigenvalue weighted by Gasteiger charge is -2.34. The summed E-state index contributed by atoms with van der Waals surface area (Å²) in [5, 5.41) is 19.3. The molecule has 0 bridgehead atoms. The smallest absolute Gasteiger partial charge is 0.390 e. The first-order valence-corrected chi connectivity index (χ1v) is 8.19. The molecule has 5 nitrogen and oxygen atoms in total. The third kappa shape index (κ3) is 3.99. The Bertz CT molecular complexity index is 552. The van der Waals surface area contributed by atoms with Gasteiger partial charge in [0.25, 0.3) is 0 Å². The Morgan fingerprint density at radius 2 is 1.88 bits per heavy atom. The molecule has 0 radical (unpaired) electrons. The number of anilines is 1. The minimum atomic E-state index is -4.41. The number of nitrogens with zero attached hydrogens (tertiary/aromatic N) is 3. The molecule has 2 N–H and O–H groups in total. The molecule has 2 aliphatic rings. The van der Waals surface area contributed by atoms with Gasteiger partial charge in [-0.15, -0.1) is 0 Å². The predicted molar refractivity (Wildman–Crippen MR) is 82.6 cm³/mol. The first-order valence-electron chi connectivity index (χ1n) is 8.19. The van der Waals surface area contributed by atoms with Gasteiger partial charge in [-0.2, -0.15) is 13.2 Å². The van der Waals surface area contributed by atoms with E-state index in [1.165, 1.54) is 12.3 Å². The Morgan fingerprint density at radius 1 is 1.08 bits per heavy atom. The van der Waals surface area contributed by atoms with E-state index >= 15 is 0 Å². The number of β-amino-alcohol motifs (C(OH)–C–C–N with tert-alkyl or cyclic N) is 1. The van der Waals surface area contributed by atoms with Crippen molar-refractivity contribution >= 4 is 5.69 Å². The highest BCUT2D eigenvalue weighted by Crippen LogP contribution is 2.30. The van der Waals surface area contributed by atoms with Crippen LogP contribution in [0.15, 0.2) is 18.3 Å². The number of hydrogen-bond acceptors (Lipinski definition) is 5. The second-order valence-corrected chi connectivity index (χ2v) is 6.68. The molecule has 1 aromatic heterocycles. The van der Waals surface area contributed by atoms with Crippen LogP contribution in [0.3, 0.4) is 0 Å². The van der Waals surface area contributed by atoms with Crippen LogP contribution >= 0.6 is 0 Å². The molecule has 2 fully saturated rings. The van der Waals surface area contributed by atoms with Gasteiger partial charge in [0.1, 0.15) is 5.69 Å². The molecule has 0 amide bonds. The van der Waals surface area contributed by atoms with Crippen LogP contribution in [0.4, 0.5) is 18.9 Å². The molecular formula is C16H22F3N3O2. The van der Waals surface area contributed by atoms with Crippen molar-refractivity contribution in [3.8, 4) is 0 Å². The first kappa shape index (κ1) is 17.4. The van der Waals surface area contributed by atoms with Crippen LogP contribution in [0.5, 0.6) is 0 Å². The zero-order chi connectivity index (χ0) is 17.3. The SMILES string of the molecule is O[C@@H]1CCN(C[C@@H]2CCN(c3ccc(C(F)(F)F)nc3)C2)C[C@H]1O. The zero-order valence-electron chi connectivity index (χ0n) is 13.3.